The van der Waals surface area contributed by atoms with E-state index < -0.39 is 23.5 Å². The Morgan fingerprint density at radius 3 is 2.60 bits per heavy atom. The Bertz CT molecular complexity index is 1480. The number of carbonyl (C=O) groups is 1. The Labute approximate surface area is 201 Å². The zero-order valence-electron chi connectivity index (χ0n) is 18.7. The first kappa shape index (κ1) is 24.7. The van der Waals surface area contributed by atoms with Crippen LogP contribution in [-0.2, 0) is 31.0 Å². The molecule has 0 fully saturated rings. The zero-order valence-corrected chi connectivity index (χ0v) is 19.6. The highest BCUT2D eigenvalue weighted by atomic mass is 32.1. The molecule has 0 saturated heterocycles. The van der Waals surface area contributed by atoms with E-state index in [4.69, 9.17) is 0 Å². The Morgan fingerprint density at radius 1 is 1.20 bits per heavy atom. The summed E-state index contributed by atoms with van der Waals surface area (Å²) in [5.41, 5.74) is 0.629. The predicted octanol–water partition coefficient (Wildman–Crippen LogP) is 4.71. The molecule has 0 radical (unpaired) electrons. The topological polar surface area (TPSA) is 76.3 Å². The van der Waals surface area contributed by atoms with Crippen LogP contribution in [0.4, 0.5) is 23.2 Å². The van der Waals surface area contributed by atoms with Crippen LogP contribution in [0, 0.1) is 12.7 Å². The molecule has 0 aliphatic carbocycles. The standard InChI is InChI=1S/C24H21F4N3O3S/c1-13-14(9-20(33)29-15-10-18(25)22-19(11-15)35-23(34)30(22)2)12-31(7-8-32)21(13)16-5-3-4-6-17(16)24(26,27)28/h3-6,10-12,32H,7-9H2,1-2H3,(H,29,33). The molecular formula is C24H21F4N3O3S. The van der Waals surface area contributed by atoms with E-state index in [2.05, 4.69) is 5.32 Å². The lowest BCUT2D eigenvalue weighted by molar-refractivity contribution is -0.137. The monoisotopic (exact) mass is 507 g/mol. The third kappa shape index (κ3) is 4.73. The van der Waals surface area contributed by atoms with Gasteiger partial charge in [-0.1, -0.05) is 29.5 Å². The van der Waals surface area contributed by atoms with Crippen molar-refractivity contribution in [2.45, 2.75) is 26.1 Å². The van der Waals surface area contributed by atoms with Crippen molar-refractivity contribution in [2.24, 2.45) is 7.05 Å². The number of aliphatic hydroxyl groups excluding tert-OH is 1. The molecule has 2 aromatic heterocycles. The average molecular weight is 508 g/mol. The number of hydrogen-bond donors (Lipinski definition) is 2. The molecule has 184 valence electrons. The third-order valence-electron chi connectivity index (χ3n) is 5.73. The van der Waals surface area contributed by atoms with Crippen LogP contribution in [0.5, 0.6) is 0 Å². The molecule has 0 aliphatic rings. The maximum Gasteiger partial charge on any atom is 0.417 e. The largest absolute Gasteiger partial charge is 0.417 e. The number of rotatable bonds is 6. The van der Waals surface area contributed by atoms with Crippen molar-refractivity contribution in [3.8, 4) is 11.3 Å². The van der Waals surface area contributed by atoms with Gasteiger partial charge in [-0.25, -0.2) is 4.39 Å². The second-order valence-electron chi connectivity index (χ2n) is 8.05. The number of nitrogens with zero attached hydrogens (tertiary/aromatic N) is 2. The Kier molecular flexibility index (Phi) is 6.56. The molecule has 0 bridgehead atoms. The van der Waals surface area contributed by atoms with Gasteiger partial charge in [0.25, 0.3) is 0 Å². The van der Waals surface area contributed by atoms with Crippen molar-refractivity contribution < 1.29 is 27.5 Å². The van der Waals surface area contributed by atoms with Crippen LogP contribution in [0.3, 0.4) is 0 Å². The van der Waals surface area contributed by atoms with E-state index >= 15 is 0 Å². The number of aromatic nitrogens is 2. The number of carbonyl (C=O) groups excluding carboxylic acids is 1. The highest BCUT2D eigenvalue weighted by Gasteiger charge is 2.34. The van der Waals surface area contributed by atoms with E-state index in [1.54, 1.807) is 13.1 Å². The van der Waals surface area contributed by atoms with Gasteiger partial charge in [0.1, 0.15) is 5.82 Å². The van der Waals surface area contributed by atoms with Crippen LogP contribution in [0.2, 0.25) is 0 Å². The molecule has 0 aliphatic heterocycles. The van der Waals surface area contributed by atoms with Crippen molar-refractivity contribution in [3.63, 3.8) is 0 Å². The van der Waals surface area contributed by atoms with Crippen molar-refractivity contribution in [2.75, 3.05) is 11.9 Å². The summed E-state index contributed by atoms with van der Waals surface area (Å²) >= 11 is 0.849. The van der Waals surface area contributed by atoms with Crippen LogP contribution in [0.1, 0.15) is 16.7 Å². The summed E-state index contributed by atoms with van der Waals surface area (Å²) in [6, 6.07) is 7.74. The number of amides is 1. The minimum Gasteiger partial charge on any atom is -0.395 e. The summed E-state index contributed by atoms with van der Waals surface area (Å²) in [7, 11) is 1.46. The van der Waals surface area contributed by atoms with Crippen molar-refractivity contribution in [1.82, 2.24) is 9.13 Å². The van der Waals surface area contributed by atoms with Gasteiger partial charge in [0.15, 0.2) is 0 Å². The minimum atomic E-state index is -4.58. The van der Waals surface area contributed by atoms with Gasteiger partial charge in [0, 0.05) is 31.0 Å². The van der Waals surface area contributed by atoms with Crippen LogP contribution in [0.15, 0.2) is 47.4 Å². The number of nitrogens with one attached hydrogen (secondary N) is 1. The van der Waals surface area contributed by atoms with E-state index in [0.717, 1.165) is 23.5 Å². The summed E-state index contributed by atoms with van der Waals surface area (Å²) in [6.07, 6.45) is -3.23. The Morgan fingerprint density at radius 2 is 1.91 bits per heavy atom. The van der Waals surface area contributed by atoms with E-state index in [1.807, 2.05) is 0 Å². The fourth-order valence-electron chi connectivity index (χ4n) is 4.15. The quantitative estimate of drug-likeness (QED) is 0.371. The van der Waals surface area contributed by atoms with Gasteiger partial charge in [-0.3, -0.25) is 14.2 Å². The molecule has 0 spiro atoms. The maximum atomic E-state index is 14.5. The normalized spacial score (nSPS) is 11.9. The highest BCUT2D eigenvalue weighted by Crippen LogP contribution is 2.39. The first-order chi connectivity index (χ1) is 16.5. The molecule has 4 rings (SSSR count). The van der Waals surface area contributed by atoms with Gasteiger partial charge in [-0.05, 0) is 36.2 Å². The fourth-order valence-corrected chi connectivity index (χ4v) is 5.09. The van der Waals surface area contributed by atoms with Gasteiger partial charge < -0.3 is 15.0 Å². The molecule has 2 heterocycles. The Balaban J connectivity index is 1.67. The number of fused-ring (bicyclic) bond motifs is 1. The predicted molar refractivity (Wildman–Crippen MR) is 126 cm³/mol. The second-order valence-corrected chi connectivity index (χ2v) is 9.04. The van der Waals surface area contributed by atoms with Crippen LogP contribution >= 0.6 is 11.3 Å². The molecule has 11 heteroatoms. The highest BCUT2D eigenvalue weighted by molar-refractivity contribution is 7.16. The number of aliphatic hydroxyl groups is 1. The summed E-state index contributed by atoms with van der Waals surface area (Å²) in [5.74, 6) is -1.16. The molecule has 2 N–H and O–H groups in total. The molecular weight excluding hydrogens is 486 g/mol. The van der Waals surface area contributed by atoms with Crippen LogP contribution < -0.4 is 10.2 Å². The smallest absolute Gasteiger partial charge is 0.395 e. The number of alkyl halides is 3. The second kappa shape index (κ2) is 9.31. The van der Waals surface area contributed by atoms with Gasteiger partial charge in [-0.15, -0.1) is 0 Å². The summed E-state index contributed by atoms with van der Waals surface area (Å²) in [5, 5.41) is 12.0. The number of halogens is 4. The molecule has 6 nitrogen and oxygen atoms in total. The average Bonchev–Trinajstić information content (AvgIpc) is 3.23. The molecule has 4 aromatic rings. The summed E-state index contributed by atoms with van der Waals surface area (Å²) in [4.78, 5) is 24.3. The van der Waals surface area contributed by atoms with Crippen LogP contribution in [-0.4, -0.2) is 26.8 Å². The minimum absolute atomic E-state index is 0.0405. The molecule has 1 amide bonds. The lowest BCUT2D eigenvalue weighted by atomic mass is 9.99. The van der Waals surface area contributed by atoms with E-state index in [0.29, 0.717) is 15.8 Å². The summed E-state index contributed by atoms with van der Waals surface area (Å²) in [6.45, 7) is 1.35. The fraction of sp³-hybridized carbons (Fsp3) is 0.250. The van der Waals surface area contributed by atoms with Gasteiger partial charge in [0.2, 0.25) is 5.91 Å². The summed E-state index contributed by atoms with van der Waals surface area (Å²) < 4.78 is 58.5. The molecule has 0 unspecified atom stereocenters. The molecule has 35 heavy (non-hydrogen) atoms. The van der Waals surface area contributed by atoms with E-state index in [1.165, 1.54) is 40.4 Å². The number of hydrogen-bond acceptors (Lipinski definition) is 4. The van der Waals surface area contributed by atoms with Crippen LogP contribution in [0.25, 0.3) is 21.5 Å². The SMILES string of the molecule is Cc1c(CC(=O)Nc2cc(F)c3c(c2)sc(=O)n3C)cn(CCO)c1-c1ccccc1C(F)(F)F. The van der Waals surface area contributed by atoms with Gasteiger partial charge in [0.05, 0.1) is 34.5 Å². The molecule has 0 atom stereocenters. The number of thiazole rings is 1. The lowest BCUT2D eigenvalue weighted by Gasteiger charge is -2.16. The Hall–Kier alpha value is -3.44. The van der Waals surface area contributed by atoms with Crippen molar-refractivity contribution >= 4 is 33.1 Å². The van der Waals surface area contributed by atoms with Gasteiger partial charge >= 0.3 is 11.0 Å². The molecule has 2 aromatic carbocycles. The van der Waals surface area contributed by atoms with E-state index in [-0.39, 0.29) is 46.9 Å². The van der Waals surface area contributed by atoms with Gasteiger partial charge in [-0.2, -0.15) is 13.2 Å². The number of aryl methyl sites for hydroxylation is 1. The third-order valence-corrected chi connectivity index (χ3v) is 6.71. The molecule has 0 saturated carbocycles. The lowest BCUT2D eigenvalue weighted by Crippen LogP contribution is -2.15. The van der Waals surface area contributed by atoms with E-state index in [9.17, 15) is 32.3 Å². The zero-order chi connectivity index (χ0) is 25.5. The first-order valence-electron chi connectivity index (χ1n) is 10.6. The number of anilines is 1. The number of benzene rings is 2. The maximum absolute atomic E-state index is 14.5. The first-order valence-corrected chi connectivity index (χ1v) is 11.4. The van der Waals surface area contributed by atoms with Crippen molar-refractivity contribution in [3.05, 3.63) is 74.8 Å². The van der Waals surface area contributed by atoms with Crippen molar-refractivity contribution in [1.29, 1.82) is 0 Å².